The fraction of sp³-hybridized carbons (Fsp3) is 0.286. The Kier molecular flexibility index (Phi) is 4.18. The summed E-state index contributed by atoms with van der Waals surface area (Å²) < 4.78 is 5.17. The molecule has 0 bridgehead atoms. The second-order valence-electron chi connectivity index (χ2n) is 4.24. The molecule has 0 saturated heterocycles. The molecule has 2 N–H and O–H groups in total. The molecule has 0 amide bonds. The van der Waals surface area contributed by atoms with Crippen LogP contribution >= 0.6 is 0 Å². The maximum atomic E-state index is 11.3. The van der Waals surface area contributed by atoms with Gasteiger partial charge in [0.2, 0.25) is 0 Å². The van der Waals surface area contributed by atoms with E-state index in [0.717, 1.165) is 12.2 Å². The number of ether oxygens (including phenoxy) is 1. The highest BCUT2D eigenvalue weighted by molar-refractivity contribution is 5.34. The van der Waals surface area contributed by atoms with Crippen molar-refractivity contribution in [3.05, 3.63) is 52.1 Å². The van der Waals surface area contributed by atoms with Crippen LogP contribution in [0.4, 0.5) is 5.82 Å². The zero-order valence-corrected chi connectivity index (χ0v) is 11.1. The fourth-order valence-corrected chi connectivity index (χ4v) is 1.83. The minimum absolute atomic E-state index is 0.142. The molecular weight excluding hydrogens is 242 g/mol. The van der Waals surface area contributed by atoms with Gasteiger partial charge in [-0.15, -0.1) is 0 Å². The Balaban J connectivity index is 1.94. The lowest BCUT2D eigenvalue weighted by Gasteiger charge is -2.07. The molecule has 100 valence electrons. The van der Waals surface area contributed by atoms with Crippen molar-refractivity contribution in [3.8, 4) is 5.75 Å². The summed E-state index contributed by atoms with van der Waals surface area (Å²) in [4.78, 5) is 18.1. The van der Waals surface area contributed by atoms with Gasteiger partial charge in [0.25, 0.3) is 5.56 Å². The minimum Gasteiger partial charge on any atom is -0.497 e. The topological polar surface area (TPSA) is 67.0 Å². The third kappa shape index (κ3) is 3.84. The van der Waals surface area contributed by atoms with Crippen LogP contribution in [0.15, 0.2) is 35.1 Å². The van der Waals surface area contributed by atoms with Crippen LogP contribution in [0.1, 0.15) is 11.4 Å². The first-order chi connectivity index (χ1) is 9.17. The van der Waals surface area contributed by atoms with Crippen LogP contribution in [0.5, 0.6) is 5.75 Å². The molecule has 0 radical (unpaired) electrons. The van der Waals surface area contributed by atoms with Gasteiger partial charge >= 0.3 is 0 Å². The molecule has 1 aromatic heterocycles. The number of H-pyrrole nitrogens is 1. The van der Waals surface area contributed by atoms with Gasteiger partial charge in [0.05, 0.1) is 7.11 Å². The number of aromatic nitrogens is 2. The molecule has 0 fully saturated rings. The molecule has 5 heteroatoms. The zero-order valence-electron chi connectivity index (χ0n) is 11.1. The highest BCUT2D eigenvalue weighted by atomic mass is 16.5. The van der Waals surface area contributed by atoms with Crippen molar-refractivity contribution in [1.29, 1.82) is 0 Å². The summed E-state index contributed by atoms with van der Waals surface area (Å²) in [5.74, 6) is 2.06. The van der Waals surface area contributed by atoms with Crippen molar-refractivity contribution in [2.45, 2.75) is 13.3 Å². The number of anilines is 1. The second kappa shape index (κ2) is 6.04. The summed E-state index contributed by atoms with van der Waals surface area (Å²) >= 11 is 0. The van der Waals surface area contributed by atoms with Crippen LogP contribution in [0.25, 0.3) is 0 Å². The average molecular weight is 259 g/mol. The predicted octanol–water partition coefficient (Wildman–Crippen LogP) is 1.74. The number of rotatable bonds is 5. The minimum atomic E-state index is -0.142. The van der Waals surface area contributed by atoms with E-state index in [-0.39, 0.29) is 5.56 Å². The Hall–Kier alpha value is -2.30. The Morgan fingerprint density at radius 1 is 1.37 bits per heavy atom. The maximum absolute atomic E-state index is 11.3. The third-order valence-corrected chi connectivity index (χ3v) is 2.71. The van der Waals surface area contributed by atoms with Crippen LogP contribution in [0.2, 0.25) is 0 Å². The van der Waals surface area contributed by atoms with Gasteiger partial charge in [0.1, 0.15) is 17.4 Å². The molecule has 1 aromatic carbocycles. The maximum Gasteiger partial charge on any atom is 0.252 e. The summed E-state index contributed by atoms with van der Waals surface area (Å²) in [6, 6.07) is 9.37. The molecule has 0 aliphatic rings. The van der Waals surface area contributed by atoms with E-state index in [2.05, 4.69) is 15.3 Å². The van der Waals surface area contributed by atoms with E-state index in [1.165, 1.54) is 11.6 Å². The van der Waals surface area contributed by atoms with Crippen molar-refractivity contribution in [2.24, 2.45) is 0 Å². The van der Waals surface area contributed by atoms with E-state index < -0.39 is 0 Å². The van der Waals surface area contributed by atoms with Gasteiger partial charge < -0.3 is 15.0 Å². The van der Waals surface area contributed by atoms with Gasteiger partial charge in [-0.1, -0.05) is 12.1 Å². The normalized spacial score (nSPS) is 10.2. The molecule has 0 saturated carbocycles. The molecule has 0 aliphatic heterocycles. The summed E-state index contributed by atoms with van der Waals surface area (Å²) in [6.07, 6.45) is 0.838. The van der Waals surface area contributed by atoms with Crippen LogP contribution in [-0.2, 0) is 6.42 Å². The Bertz CT molecular complexity index is 608. The number of aromatic amines is 1. The lowest BCUT2D eigenvalue weighted by atomic mass is 10.1. The first-order valence-electron chi connectivity index (χ1n) is 6.12. The third-order valence-electron chi connectivity index (χ3n) is 2.71. The molecule has 1 heterocycles. The van der Waals surface area contributed by atoms with E-state index >= 15 is 0 Å². The van der Waals surface area contributed by atoms with E-state index in [1.807, 2.05) is 24.3 Å². The molecule has 0 spiro atoms. The molecular formula is C14H17N3O2. The van der Waals surface area contributed by atoms with Gasteiger partial charge in [0.15, 0.2) is 0 Å². The van der Waals surface area contributed by atoms with E-state index in [4.69, 9.17) is 4.74 Å². The number of methoxy groups -OCH3 is 1. The van der Waals surface area contributed by atoms with E-state index in [0.29, 0.717) is 18.2 Å². The number of aryl methyl sites for hydroxylation is 1. The molecule has 2 aromatic rings. The van der Waals surface area contributed by atoms with Gasteiger partial charge in [-0.25, -0.2) is 4.98 Å². The highest BCUT2D eigenvalue weighted by Gasteiger charge is 1.99. The van der Waals surface area contributed by atoms with Gasteiger partial charge in [-0.2, -0.15) is 0 Å². The number of nitrogens with zero attached hydrogens (tertiary/aromatic N) is 1. The Morgan fingerprint density at radius 3 is 2.95 bits per heavy atom. The first kappa shape index (κ1) is 13.1. The van der Waals surface area contributed by atoms with E-state index in [9.17, 15) is 4.79 Å². The largest absolute Gasteiger partial charge is 0.497 e. The standard InChI is InChI=1S/C14H17N3O2/c1-10-16-13(9-14(18)17-10)15-7-6-11-4-3-5-12(8-11)19-2/h3-5,8-9H,6-7H2,1-2H3,(H2,15,16,17,18). The number of nitrogens with one attached hydrogen (secondary N) is 2. The highest BCUT2D eigenvalue weighted by Crippen LogP contribution is 2.12. The van der Waals surface area contributed by atoms with Crippen molar-refractivity contribution >= 4 is 5.82 Å². The van der Waals surface area contributed by atoms with Crippen LogP contribution < -0.4 is 15.6 Å². The SMILES string of the molecule is COc1cccc(CCNc2cc(=O)[nH]c(C)n2)c1. The number of hydrogen-bond acceptors (Lipinski definition) is 4. The molecule has 19 heavy (non-hydrogen) atoms. The summed E-state index contributed by atoms with van der Waals surface area (Å²) in [6.45, 7) is 2.47. The first-order valence-corrected chi connectivity index (χ1v) is 6.12. The van der Waals surface area contributed by atoms with E-state index in [1.54, 1.807) is 14.0 Å². The van der Waals surface area contributed by atoms with Gasteiger partial charge in [0, 0.05) is 12.6 Å². The molecule has 0 atom stereocenters. The average Bonchev–Trinajstić information content (AvgIpc) is 2.38. The lowest BCUT2D eigenvalue weighted by molar-refractivity contribution is 0.414. The second-order valence-corrected chi connectivity index (χ2v) is 4.24. The van der Waals surface area contributed by atoms with Crippen molar-refractivity contribution in [3.63, 3.8) is 0 Å². The Labute approximate surface area is 111 Å². The van der Waals surface area contributed by atoms with Crippen LogP contribution in [-0.4, -0.2) is 23.6 Å². The smallest absolute Gasteiger partial charge is 0.252 e. The quantitative estimate of drug-likeness (QED) is 0.858. The lowest BCUT2D eigenvalue weighted by Crippen LogP contribution is -2.13. The monoisotopic (exact) mass is 259 g/mol. The van der Waals surface area contributed by atoms with Crippen molar-refractivity contribution < 1.29 is 4.74 Å². The van der Waals surface area contributed by atoms with Crippen LogP contribution in [0.3, 0.4) is 0 Å². The molecule has 2 rings (SSSR count). The summed E-state index contributed by atoms with van der Waals surface area (Å²) in [7, 11) is 1.65. The van der Waals surface area contributed by atoms with Crippen molar-refractivity contribution in [1.82, 2.24) is 9.97 Å². The van der Waals surface area contributed by atoms with Gasteiger partial charge in [-0.05, 0) is 31.0 Å². The Morgan fingerprint density at radius 2 is 2.21 bits per heavy atom. The number of benzene rings is 1. The number of hydrogen-bond donors (Lipinski definition) is 2. The van der Waals surface area contributed by atoms with Gasteiger partial charge in [-0.3, -0.25) is 4.79 Å². The van der Waals surface area contributed by atoms with Crippen molar-refractivity contribution in [2.75, 3.05) is 19.0 Å². The predicted molar refractivity (Wildman–Crippen MR) is 74.8 cm³/mol. The summed E-state index contributed by atoms with van der Waals surface area (Å²) in [5, 5.41) is 3.14. The molecule has 0 unspecified atom stereocenters. The molecule has 0 aliphatic carbocycles. The zero-order chi connectivity index (χ0) is 13.7. The summed E-state index contributed by atoms with van der Waals surface area (Å²) in [5.41, 5.74) is 1.03. The molecule has 5 nitrogen and oxygen atoms in total. The van der Waals surface area contributed by atoms with Crippen LogP contribution in [0, 0.1) is 6.92 Å². The fourth-order valence-electron chi connectivity index (χ4n) is 1.83.